The fraction of sp³-hybridized carbons (Fsp3) is 0.231. The number of benzene rings is 2. The lowest BCUT2D eigenvalue weighted by atomic mass is 10.1. The summed E-state index contributed by atoms with van der Waals surface area (Å²) in [5, 5.41) is 4.53. The van der Waals surface area contributed by atoms with Crippen LogP contribution >= 0.6 is 23.4 Å². The highest BCUT2D eigenvalue weighted by Crippen LogP contribution is 2.23. The van der Waals surface area contributed by atoms with Crippen molar-refractivity contribution >= 4 is 45.9 Å². The Kier molecular flexibility index (Phi) is 7.98. The Labute approximate surface area is 207 Å². The van der Waals surface area contributed by atoms with Crippen LogP contribution in [0.1, 0.15) is 42.1 Å². The van der Waals surface area contributed by atoms with E-state index in [-0.39, 0.29) is 11.5 Å². The Morgan fingerprint density at radius 3 is 2.68 bits per heavy atom. The van der Waals surface area contributed by atoms with Crippen molar-refractivity contribution < 1.29 is 4.79 Å². The summed E-state index contributed by atoms with van der Waals surface area (Å²) >= 11 is 7.53. The lowest BCUT2D eigenvalue weighted by molar-refractivity contribution is 0.102. The largest absolute Gasteiger partial charge is 0.322 e. The molecule has 0 aliphatic heterocycles. The van der Waals surface area contributed by atoms with Crippen LogP contribution in [0, 0.1) is 0 Å². The maximum atomic E-state index is 13.3. The second kappa shape index (κ2) is 11.3. The first-order valence-corrected chi connectivity index (χ1v) is 12.5. The molecule has 0 fully saturated rings. The molecule has 2 heterocycles. The molecule has 6 nitrogen and oxygen atoms in total. The SMILES string of the molecule is CCCCCn1c(SCc2ccncc2)nc2cc(C(=O)Nc3cccc(Cl)c3)ccc2c1=O. The maximum absolute atomic E-state index is 13.3. The van der Waals surface area contributed by atoms with Crippen molar-refractivity contribution in [3.8, 4) is 0 Å². The van der Waals surface area contributed by atoms with E-state index in [1.54, 1.807) is 59.4 Å². The van der Waals surface area contributed by atoms with Gasteiger partial charge in [0.15, 0.2) is 5.16 Å². The van der Waals surface area contributed by atoms with Gasteiger partial charge < -0.3 is 5.32 Å². The van der Waals surface area contributed by atoms with Crippen LogP contribution in [-0.4, -0.2) is 20.4 Å². The molecule has 8 heteroatoms. The van der Waals surface area contributed by atoms with Crippen LogP contribution in [0.3, 0.4) is 0 Å². The molecule has 0 spiro atoms. The Morgan fingerprint density at radius 2 is 1.91 bits per heavy atom. The Morgan fingerprint density at radius 1 is 1.09 bits per heavy atom. The molecule has 34 heavy (non-hydrogen) atoms. The minimum Gasteiger partial charge on any atom is -0.322 e. The number of unbranched alkanes of at least 4 members (excludes halogenated alkanes) is 2. The molecule has 0 atom stereocenters. The van der Waals surface area contributed by atoms with Crippen molar-refractivity contribution in [2.75, 3.05) is 5.32 Å². The molecular formula is C26H25ClN4O2S. The maximum Gasteiger partial charge on any atom is 0.262 e. The summed E-state index contributed by atoms with van der Waals surface area (Å²) in [5.41, 5.74) is 2.55. The Balaban J connectivity index is 1.66. The van der Waals surface area contributed by atoms with Crippen molar-refractivity contribution in [2.24, 2.45) is 0 Å². The van der Waals surface area contributed by atoms with Gasteiger partial charge in [-0.1, -0.05) is 49.2 Å². The molecule has 0 aliphatic carbocycles. The van der Waals surface area contributed by atoms with E-state index in [1.807, 2.05) is 12.1 Å². The number of amides is 1. The summed E-state index contributed by atoms with van der Waals surface area (Å²) in [6, 6.07) is 15.9. The van der Waals surface area contributed by atoms with Crippen LogP contribution in [0.25, 0.3) is 10.9 Å². The van der Waals surface area contributed by atoms with E-state index < -0.39 is 0 Å². The third-order valence-electron chi connectivity index (χ3n) is 5.37. The van der Waals surface area contributed by atoms with Gasteiger partial charge in [-0.3, -0.25) is 19.1 Å². The molecule has 0 radical (unpaired) electrons. The first-order valence-electron chi connectivity index (χ1n) is 11.2. The average Bonchev–Trinajstić information content (AvgIpc) is 2.84. The summed E-state index contributed by atoms with van der Waals surface area (Å²) in [6.07, 6.45) is 6.53. The summed E-state index contributed by atoms with van der Waals surface area (Å²) < 4.78 is 1.76. The second-order valence-corrected chi connectivity index (χ2v) is 9.28. The number of aromatic nitrogens is 3. The van der Waals surface area contributed by atoms with Gasteiger partial charge in [-0.05, 0) is 60.5 Å². The van der Waals surface area contributed by atoms with Crippen LogP contribution in [0.5, 0.6) is 0 Å². The molecular weight excluding hydrogens is 468 g/mol. The fourth-order valence-corrected chi connectivity index (χ4v) is 4.74. The van der Waals surface area contributed by atoms with Crippen molar-refractivity contribution in [1.29, 1.82) is 0 Å². The number of halogens is 1. The summed E-state index contributed by atoms with van der Waals surface area (Å²) in [7, 11) is 0. The molecule has 0 unspecified atom stereocenters. The number of pyridine rings is 1. The topological polar surface area (TPSA) is 76.9 Å². The molecule has 4 aromatic rings. The average molecular weight is 493 g/mol. The molecule has 1 amide bonds. The van der Waals surface area contributed by atoms with Gasteiger partial charge in [0.25, 0.3) is 11.5 Å². The van der Waals surface area contributed by atoms with Gasteiger partial charge in [-0.2, -0.15) is 0 Å². The zero-order valence-electron chi connectivity index (χ0n) is 18.8. The van der Waals surface area contributed by atoms with Crippen molar-refractivity contribution in [3.05, 3.63) is 93.5 Å². The molecule has 4 rings (SSSR count). The molecule has 2 aromatic carbocycles. The zero-order valence-corrected chi connectivity index (χ0v) is 20.4. The third-order valence-corrected chi connectivity index (χ3v) is 6.65. The van der Waals surface area contributed by atoms with E-state index in [0.29, 0.717) is 44.6 Å². The standard InChI is InChI=1S/C26H25ClN4O2S/c1-2-3-4-14-31-25(33)22-9-8-19(24(32)29-21-7-5-6-20(27)16-21)15-23(22)30-26(31)34-17-18-10-12-28-13-11-18/h5-13,15-16H,2-4,14,17H2,1H3,(H,29,32). The predicted octanol–water partition coefficient (Wildman–Crippen LogP) is 6.18. The van der Waals surface area contributed by atoms with Gasteiger partial charge in [-0.15, -0.1) is 0 Å². The minimum atomic E-state index is -0.288. The fourth-order valence-electron chi connectivity index (χ4n) is 3.57. The number of hydrogen-bond acceptors (Lipinski definition) is 5. The number of thioether (sulfide) groups is 1. The first kappa shape index (κ1) is 24.0. The van der Waals surface area contributed by atoms with Gasteiger partial charge in [0.2, 0.25) is 0 Å². The van der Waals surface area contributed by atoms with Gasteiger partial charge >= 0.3 is 0 Å². The molecule has 0 saturated carbocycles. The van der Waals surface area contributed by atoms with E-state index in [2.05, 4.69) is 17.2 Å². The lowest BCUT2D eigenvalue weighted by Crippen LogP contribution is -2.24. The van der Waals surface area contributed by atoms with Crippen LogP contribution in [0.4, 0.5) is 5.69 Å². The van der Waals surface area contributed by atoms with Gasteiger partial charge in [0.1, 0.15) is 0 Å². The van der Waals surface area contributed by atoms with Crippen molar-refractivity contribution in [2.45, 2.75) is 43.6 Å². The zero-order chi connectivity index (χ0) is 23.9. The Bertz CT molecular complexity index is 1360. The van der Waals surface area contributed by atoms with Crippen LogP contribution in [0.2, 0.25) is 5.02 Å². The number of anilines is 1. The molecule has 1 N–H and O–H groups in total. The van der Waals surface area contributed by atoms with Crippen molar-refractivity contribution in [3.63, 3.8) is 0 Å². The van der Waals surface area contributed by atoms with E-state index in [1.165, 1.54) is 11.8 Å². The first-order chi connectivity index (χ1) is 16.5. The minimum absolute atomic E-state index is 0.0832. The van der Waals surface area contributed by atoms with Gasteiger partial charge in [0.05, 0.1) is 10.9 Å². The molecule has 174 valence electrons. The smallest absolute Gasteiger partial charge is 0.262 e. The number of nitrogens with zero attached hydrogens (tertiary/aromatic N) is 3. The highest BCUT2D eigenvalue weighted by Gasteiger charge is 2.15. The highest BCUT2D eigenvalue weighted by atomic mass is 35.5. The summed E-state index contributed by atoms with van der Waals surface area (Å²) in [6.45, 7) is 2.75. The molecule has 2 aromatic heterocycles. The number of fused-ring (bicyclic) bond motifs is 1. The summed E-state index contributed by atoms with van der Waals surface area (Å²) in [5.74, 6) is 0.382. The third kappa shape index (κ3) is 5.85. The van der Waals surface area contributed by atoms with Crippen LogP contribution in [-0.2, 0) is 12.3 Å². The Hall–Kier alpha value is -3.16. The normalized spacial score (nSPS) is 11.0. The monoisotopic (exact) mass is 492 g/mol. The van der Waals surface area contributed by atoms with E-state index in [0.717, 1.165) is 24.8 Å². The number of carbonyl (C=O) groups excluding carboxylic acids is 1. The summed E-state index contributed by atoms with van der Waals surface area (Å²) in [4.78, 5) is 35.0. The predicted molar refractivity (Wildman–Crippen MR) is 139 cm³/mol. The number of rotatable bonds is 9. The van der Waals surface area contributed by atoms with Gasteiger partial charge in [-0.25, -0.2) is 4.98 Å². The van der Waals surface area contributed by atoms with E-state index in [9.17, 15) is 9.59 Å². The van der Waals surface area contributed by atoms with E-state index in [4.69, 9.17) is 16.6 Å². The van der Waals surface area contributed by atoms with Crippen molar-refractivity contribution in [1.82, 2.24) is 14.5 Å². The second-order valence-electron chi connectivity index (χ2n) is 7.90. The van der Waals surface area contributed by atoms with Gasteiger partial charge in [0, 0.05) is 41.0 Å². The molecule has 0 aliphatic rings. The number of carbonyl (C=O) groups is 1. The van der Waals surface area contributed by atoms with Crippen LogP contribution < -0.4 is 10.9 Å². The highest BCUT2D eigenvalue weighted by molar-refractivity contribution is 7.98. The van der Waals surface area contributed by atoms with E-state index >= 15 is 0 Å². The van der Waals surface area contributed by atoms with Crippen LogP contribution in [0.15, 0.2) is 76.9 Å². The quantitative estimate of drug-likeness (QED) is 0.171. The number of hydrogen-bond donors (Lipinski definition) is 1. The molecule has 0 saturated heterocycles. The number of nitrogens with one attached hydrogen (secondary N) is 1. The molecule has 0 bridgehead atoms. The lowest BCUT2D eigenvalue weighted by Gasteiger charge is -2.14.